The minimum absolute atomic E-state index is 0.0139. The van der Waals surface area contributed by atoms with Crippen LogP contribution in [0.1, 0.15) is 18.5 Å². The smallest absolute Gasteiger partial charge is 0.240 e. The predicted octanol–water partition coefficient (Wildman–Crippen LogP) is 0.794. The van der Waals surface area contributed by atoms with E-state index in [2.05, 4.69) is 20.0 Å². The van der Waals surface area contributed by atoms with Crippen molar-refractivity contribution in [2.75, 3.05) is 4.90 Å². The van der Waals surface area contributed by atoms with Crippen LogP contribution in [0.2, 0.25) is 0 Å². The van der Waals surface area contributed by atoms with E-state index in [1.54, 1.807) is 30.7 Å². The second-order valence-corrected chi connectivity index (χ2v) is 8.07. The molecule has 10 nitrogen and oxygen atoms in total. The maximum Gasteiger partial charge on any atom is 0.240 e. The number of nitrogens with zero attached hydrogens (tertiary/aromatic N) is 5. The molecule has 11 heteroatoms. The molecule has 0 spiro atoms. The molecule has 0 aliphatic carbocycles. The lowest BCUT2D eigenvalue weighted by atomic mass is 10.3. The summed E-state index contributed by atoms with van der Waals surface area (Å²) in [6, 6.07) is 9.13. The summed E-state index contributed by atoms with van der Waals surface area (Å²) >= 11 is 0. The Bertz CT molecular complexity index is 1140. The summed E-state index contributed by atoms with van der Waals surface area (Å²) in [5, 5.41) is 7.90. The molecular weight excluding hydrogens is 396 g/mol. The number of carbonyl (C=O) groups excluding carboxylic acids is 2. The van der Waals surface area contributed by atoms with Crippen molar-refractivity contribution in [3.8, 4) is 5.69 Å². The average molecular weight is 412 g/mol. The van der Waals surface area contributed by atoms with Crippen molar-refractivity contribution in [1.29, 1.82) is 0 Å². The number of imide groups is 1. The van der Waals surface area contributed by atoms with Crippen molar-refractivity contribution in [3.63, 3.8) is 0 Å². The van der Waals surface area contributed by atoms with E-state index in [4.69, 9.17) is 0 Å². The highest BCUT2D eigenvalue weighted by Crippen LogP contribution is 2.24. The van der Waals surface area contributed by atoms with E-state index in [-0.39, 0.29) is 36.1 Å². The van der Waals surface area contributed by atoms with E-state index in [0.717, 1.165) is 4.90 Å². The van der Waals surface area contributed by atoms with Crippen molar-refractivity contribution in [3.05, 3.63) is 60.7 Å². The standard InChI is InChI=1S/C18H16N6O4S/c25-17-7-8-18(26)24(17)14-3-5-16(6-4-14)29(27,28)20-10-13-12-23(22-21-13)15-2-1-9-19-11-15/h1-6,9,11-12,20H,7-8,10H2. The number of hydrogen-bond donors (Lipinski definition) is 1. The highest BCUT2D eigenvalue weighted by Gasteiger charge is 2.30. The summed E-state index contributed by atoms with van der Waals surface area (Å²) in [6.45, 7) is -0.0482. The van der Waals surface area contributed by atoms with E-state index in [1.165, 1.54) is 28.9 Å². The molecule has 0 radical (unpaired) electrons. The van der Waals surface area contributed by atoms with Gasteiger partial charge in [-0.2, -0.15) is 0 Å². The average Bonchev–Trinajstić information content (AvgIpc) is 3.34. The van der Waals surface area contributed by atoms with Crippen molar-refractivity contribution < 1.29 is 18.0 Å². The Kier molecular flexibility index (Phi) is 4.91. The molecule has 4 rings (SSSR count). The molecule has 1 fully saturated rings. The summed E-state index contributed by atoms with van der Waals surface area (Å²) in [7, 11) is -3.81. The summed E-state index contributed by atoms with van der Waals surface area (Å²) in [4.78, 5) is 28.7. The molecule has 29 heavy (non-hydrogen) atoms. The molecule has 3 heterocycles. The van der Waals surface area contributed by atoms with Crippen LogP contribution in [-0.2, 0) is 26.2 Å². The van der Waals surface area contributed by atoms with Crippen LogP contribution in [0, 0.1) is 0 Å². The van der Waals surface area contributed by atoms with Gasteiger partial charge < -0.3 is 0 Å². The second-order valence-electron chi connectivity index (χ2n) is 6.31. The van der Waals surface area contributed by atoms with E-state index < -0.39 is 10.0 Å². The molecule has 1 aliphatic rings. The predicted molar refractivity (Wildman–Crippen MR) is 101 cm³/mol. The minimum Gasteiger partial charge on any atom is -0.274 e. The lowest BCUT2D eigenvalue weighted by Crippen LogP contribution is -2.28. The van der Waals surface area contributed by atoms with Crippen LogP contribution in [0.15, 0.2) is 59.9 Å². The first-order valence-corrected chi connectivity index (χ1v) is 10.2. The summed E-state index contributed by atoms with van der Waals surface area (Å²) < 4.78 is 29.0. The fourth-order valence-corrected chi connectivity index (χ4v) is 3.89. The van der Waals surface area contributed by atoms with Gasteiger partial charge in [-0.15, -0.1) is 5.10 Å². The molecule has 1 saturated heterocycles. The van der Waals surface area contributed by atoms with E-state index in [1.807, 2.05) is 0 Å². The number of hydrogen-bond acceptors (Lipinski definition) is 7. The van der Waals surface area contributed by atoms with Crippen molar-refractivity contribution >= 4 is 27.5 Å². The fourth-order valence-electron chi connectivity index (χ4n) is 2.89. The van der Waals surface area contributed by atoms with Gasteiger partial charge >= 0.3 is 0 Å². The lowest BCUT2D eigenvalue weighted by Gasteiger charge is -2.14. The number of aromatic nitrogens is 4. The maximum absolute atomic E-state index is 12.5. The van der Waals surface area contributed by atoms with Gasteiger partial charge in [0.2, 0.25) is 21.8 Å². The van der Waals surface area contributed by atoms with Gasteiger partial charge in [0.15, 0.2) is 0 Å². The number of rotatable bonds is 6. The molecule has 2 amide bonds. The first-order chi connectivity index (χ1) is 13.9. The van der Waals surface area contributed by atoms with Crippen LogP contribution in [0.5, 0.6) is 0 Å². The molecule has 1 N–H and O–H groups in total. The minimum atomic E-state index is -3.81. The van der Waals surface area contributed by atoms with Crippen LogP contribution in [0.4, 0.5) is 5.69 Å². The molecule has 0 unspecified atom stereocenters. The van der Waals surface area contributed by atoms with Crippen LogP contribution in [-0.4, -0.2) is 40.2 Å². The first kappa shape index (κ1) is 18.9. The number of amides is 2. The highest BCUT2D eigenvalue weighted by molar-refractivity contribution is 7.89. The van der Waals surface area contributed by atoms with Crippen LogP contribution >= 0.6 is 0 Å². The van der Waals surface area contributed by atoms with Gasteiger partial charge in [-0.05, 0) is 36.4 Å². The van der Waals surface area contributed by atoms with E-state index in [9.17, 15) is 18.0 Å². The second kappa shape index (κ2) is 7.53. The SMILES string of the molecule is O=C1CCC(=O)N1c1ccc(S(=O)(=O)NCc2cn(-c3cccnc3)nn2)cc1. The largest absolute Gasteiger partial charge is 0.274 e. The Morgan fingerprint density at radius 3 is 2.38 bits per heavy atom. The maximum atomic E-state index is 12.5. The van der Waals surface area contributed by atoms with Gasteiger partial charge in [0, 0.05) is 19.0 Å². The highest BCUT2D eigenvalue weighted by atomic mass is 32.2. The zero-order chi connectivity index (χ0) is 20.4. The van der Waals surface area contributed by atoms with Crippen molar-refractivity contribution in [2.24, 2.45) is 0 Å². The Labute approximate surface area is 166 Å². The number of anilines is 1. The zero-order valence-electron chi connectivity index (χ0n) is 15.1. The quantitative estimate of drug-likeness (QED) is 0.593. The lowest BCUT2D eigenvalue weighted by molar-refractivity contribution is -0.121. The molecule has 0 atom stereocenters. The molecule has 0 bridgehead atoms. The first-order valence-electron chi connectivity index (χ1n) is 8.71. The number of sulfonamides is 1. The topological polar surface area (TPSA) is 127 Å². The summed E-state index contributed by atoms with van der Waals surface area (Å²) in [5.74, 6) is -0.583. The Hall–Kier alpha value is -3.44. The van der Waals surface area contributed by atoms with Gasteiger partial charge in [-0.25, -0.2) is 17.8 Å². The van der Waals surface area contributed by atoms with Gasteiger partial charge in [0.25, 0.3) is 0 Å². The van der Waals surface area contributed by atoms with Gasteiger partial charge in [-0.1, -0.05) is 5.21 Å². The van der Waals surface area contributed by atoms with Crippen molar-refractivity contribution in [2.45, 2.75) is 24.3 Å². The zero-order valence-corrected chi connectivity index (χ0v) is 15.9. The number of carbonyl (C=O) groups is 2. The molecule has 148 valence electrons. The molecule has 1 aromatic carbocycles. The van der Waals surface area contributed by atoms with Gasteiger partial charge in [0.1, 0.15) is 0 Å². The third kappa shape index (κ3) is 3.91. The third-order valence-corrected chi connectivity index (χ3v) is 5.77. The third-order valence-electron chi connectivity index (χ3n) is 4.35. The molecule has 2 aromatic heterocycles. The molecule has 1 aliphatic heterocycles. The Morgan fingerprint density at radius 1 is 1.00 bits per heavy atom. The molecule has 0 saturated carbocycles. The monoisotopic (exact) mass is 412 g/mol. The van der Waals surface area contributed by atoms with Crippen LogP contribution in [0.25, 0.3) is 5.69 Å². The Morgan fingerprint density at radius 2 is 1.72 bits per heavy atom. The fraction of sp³-hybridized carbons (Fsp3) is 0.167. The molecular formula is C18H16N6O4S. The van der Waals surface area contributed by atoms with Crippen LogP contribution in [0.3, 0.4) is 0 Å². The number of nitrogens with one attached hydrogen (secondary N) is 1. The van der Waals surface area contributed by atoms with Crippen molar-refractivity contribution in [1.82, 2.24) is 24.7 Å². The number of benzene rings is 1. The van der Waals surface area contributed by atoms with Crippen LogP contribution < -0.4 is 9.62 Å². The van der Waals surface area contributed by atoms with Gasteiger partial charge in [0.05, 0.1) is 40.9 Å². The van der Waals surface area contributed by atoms with E-state index >= 15 is 0 Å². The van der Waals surface area contributed by atoms with Gasteiger partial charge in [-0.3, -0.25) is 19.5 Å². The summed E-state index contributed by atoms with van der Waals surface area (Å²) in [5.41, 5.74) is 1.49. The molecule has 3 aromatic rings. The van der Waals surface area contributed by atoms with E-state index in [0.29, 0.717) is 17.1 Å². The Balaban J connectivity index is 1.45. The summed E-state index contributed by atoms with van der Waals surface area (Å²) in [6.07, 6.45) is 5.18. The number of pyridine rings is 1. The normalized spacial score (nSPS) is 14.6.